The van der Waals surface area contributed by atoms with E-state index in [1.807, 2.05) is 6.07 Å². The van der Waals surface area contributed by atoms with E-state index in [0.717, 1.165) is 5.56 Å². The molecule has 0 saturated carbocycles. The number of carbonyl (C=O) groups excluding carboxylic acids is 1. The zero-order valence-corrected chi connectivity index (χ0v) is 11.5. The molecule has 0 amide bonds. The van der Waals surface area contributed by atoms with E-state index in [-0.39, 0.29) is 6.79 Å². The molecule has 0 aliphatic carbocycles. The molecular formula is C15H16O5. The molecule has 0 atom stereocenters. The van der Waals surface area contributed by atoms with Gasteiger partial charge in [0.1, 0.15) is 5.75 Å². The summed E-state index contributed by atoms with van der Waals surface area (Å²) in [4.78, 5) is 11.3. The van der Waals surface area contributed by atoms with Gasteiger partial charge < -0.3 is 18.9 Å². The lowest BCUT2D eigenvalue weighted by Gasteiger charge is -2.13. The molecule has 0 N–H and O–H groups in total. The Hall–Kier alpha value is -2.43. The molecule has 0 saturated heterocycles. The van der Waals surface area contributed by atoms with Crippen molar-refractivity contribution in [1.29, 1.82) is 0 Å². The average molecular weight is 276 g/mol. The highest BCUT2D eigenvalue weighted by Crippen LogP contribution is 2.44. The molecule has 1 aromatic rings. The van der Waals surface area contributed by atoms with Crippen LogP contribution in [-0.4, -0.2) is 27.0 Å². The van der Waals surface area contributed by atoms with Crippen LogP contribution in [0.15, 0.2) is 24.8 Å². The van der Waals surface area contributed by atoms with Gasteiger partial charge in [-0.1, -0.05) is 6.08 Å². The van der Waals surface area contributed by atoms with Crippen molar-refractivity contribution in [2.75, 3.05) is 21.0 Å². The van der Waals surface area contributed by atoms with Crippen LogP contribution in [0.4, 0.5) is 0 Å². The zero-order chi connectivity index (χ0) is 14.5. The van der Waals surface area contributed by atoms with Gasteiger partial charge in [-0.25, -0.2) is 4.79 Å². The Morgan fingerprint density at radius 3 is 2.90 bits per heavy atom. The number of carbonyl (C=O) groups is 1. The maximum Gasteiger partial charge on any atom is 0.330 e. The molecule has 1 heterocycles. The van der Waals surface area contributed by atoms with Crippen molar-refractivity contribution in [3.63, 3.8) is 0 Å². The number of rotatable bonds is 5. The van der Waals surface area contributed by atoms with Gasteiger partial charge in [-0.15, -0.1) is 6.58 Å². The van der Waals surface area contributed by atoms with Crippen LogP contribution in [0.3, 0.4) is 0 Å². The monoisotopic (exact) mass is 276 g/mol. The number of benzene rings is 1. The van der Waals surface area contributed by atoms with E-state index >= 15 is 0 Å². The lowest BCUT2D eigenvalue weighted by Crippen LogP contribution is -1.98. The minimum Gasteiger partial charge on any atom is -0.496 e. The van der Waals surface area contributed by atoms with Gasteiger partial charge in [-0.05, 0) is 18.6 Å². The van der Waals surface area contributed by atoms with Gasteiger partial charge in [0.05, 0.1) is 19.8 Å². The maximum atomic E-state index is 11.3. The first-order valence-corrected chi connectivity index (χ1v) is 6.07. The Morgan fingerprint density at radius 1 is 1.45 bits per heavy atom. The van der Waals surface area contributed by atoms with Crippen LogP contribution in [0.5, 0.6) is 17.2 Å². The van der Waals surface area contributed by atoms with Crippen LogP contribution in [-0.2, 0) is 16.0 Å². The number of ether oxygens (including phenoxy) is 4. The first-order chi connectivity index (χ1) is 9.71. The van der Waals surface area contributed by atoms with E-state index in [4.69, 9.17) is 14.2 Å². The van der Waals surface area contributed by atoms with Crippen LogP contribution in [0.2, 0.25) is 0 Å². The lowest BCUT2D eigenvalue weighted by atomic mass is 10.0. The predicted octanol–water partition coefficient (Wildman–Crippen LogP) is 2.34. The fourth-order valence-electron chi connectivity index (χ4n) is 2.03. The Kier molecular flexibility index (Phi) is 4.30. The van der Waals surface area contributed by atoms with Crippen molar-refractivity contribution in [2.24, 2.45) is 0 Å². The summed E-state index contributed by atoms with van der Waals surface area (Å²) in [6.45, 7) is 3.87. The topological polar surface area (TPSA) is 54.0 Å². The summed E-state index contributed by atoms with van der Waals surface area (Å²) in [6.07, 6.45) is 5.31. The molecule has 5 nitrogen and oxygen atoms in total. The van der Waals surface area contributed by atoms with Gasteiger partial charge in [0.15, 0.2) is 11.5 Å². The summed E-state index contributed by atoms with van der Waals surface area (Å²) in [6, 6.07) is 1.86. The van der Waals surface area contributed by atoms with Crippen LogP contribution in [0.25, 0.3) is 6.08 Å². The molecular weight excluding hydrogens is 260 g/mol. The smallest absolute Gasteiger partial charge is 0.330 e. The van der Waals surface area contributed by atoms with Crippen LogP contribution >= 0.6 is 0 Å². The number of hydrogen-bond donors (Lipinski definition) is 0. The molecule has 0 radical (unpaired) electrons. The highest BCUT2D eigenvalue weighted by molar-refractivity contribution is 5.89. The van der Waals surface area contributed by atoms with Gasteiger partial charge in [0.25, 0.3) is 0 Å². The van der Waals surface area contributed by atoms with Gasteiger partial charge in [-0.3, -0.25) is 0 Å². The predicted molar refractivity (Wildman–Crippen MR) is 74.1 cm³/mol. The van der Waals surface area contributed by atoms with Crippen molar-refractivity contribution in [2.45, 2.75) is 6.42 Å². The Balaban J connectivity index is 2.53. The summed E-state index contributed by atoms with van der Waals surface area (Å²) in [7, 11) is 2.89. The molecule has 1 aromatic carbocycles. The van der Waals surface area contributed by atoms with Crippen molar-refractivity contribution in [1.82, 2.24) is 0 Å². The van der Waals surface area contributed by atoms with E-state index in [1.165, 1.54) is 13.2 Å². The molecule has 20 heavy (non-hydrogen) atoms. The van der Waals surface area contributed by atoms with E-state index in [1.54, 1.807) is 19.3 Å². The molecule has 2 rings (SSSR count). The van der Waals surface area contributed by atoms with Crippen LogP contribution in [0, 0.1) is 0 Å². The van der Waals surface area contributed by atoms with Crippen molar-refractivity contribution >= 4 is 12.0 Å². The highest BCUT2D eigenvalue weighted by atomic mass is 16.7. The maximum absolute atomic E-state index is 11.3. The zero-order valence-electron chi connectivity index (χ0n) is 11.5. The van der Waals surface area contributed by atoms with Crippen molar-refractivity contribution in [3.05, 3.63) is 35.9 Å². The van der Waals surface area contributed by atoms with E-state index in [0.29, 0.717) is 29.2 Å². The molecule has 106 valence electrons. The number of fused-ring (bicyclic) bond motifs is 1. The van der Waals surface area contributed by atoms with E-state index in [9.17, 15) is 4.79 Å². The number of hydrogen-bond acceptors (Lipinski definition) is 5. The van der Waals surface area contributed by atoms with Gasteiger partial charge in [0.2, 0.25) is 6.79 Å². The van der Waals surface area contributed by atoms with Crippen molar-refractivity contribution in [3.8, 4) is 17.2 Å². The number of allylic oxidation sites excluding steroid dienone is 1. The fourth-order valence-corrected chi connectivity index (χ4v) is 2.03. The van der Waals surface area contributed by atoms with Gasteiger partial charge in [-0.2, -0.15) is 0 Å². The summed E-state index contributed by atoms with van der Waals surface area (Å²) in [5.74, 6) is 1.38. The third-order valence-corrected chi connectivity index (χ3v) is 2.88. The standard InChI is InChI=1S/C15H16O5/c1-4-5-10-8-12-15(20-9-19-12)11(14(10)18-3)6-7-13(16)17-2/h4,6-8H,1,5,9H2,2-3H3/b7-6+. The summed E-state index contributed by atoms with van der Waals surface area (Å²) < 4.78 is 20.9. The Bertz CT molecular complexity index is 560. The largest absolute Gasteiger partial charge is 0.496 e. The van der Waals surface area contributed by atoms with E-state index < -0.39 is 5.97 Å². The lowest BCUT2D eigenvalue weighted by molar-refractivity contribution is -0.134. The van der Waals surface area contributed by atoms with Crippen LogP contribution < -0.4 is 14.2 Å². The van der Waals surface area contributed by atoms with E-state index in [2.05, 4.69) is 11.3 Å². The molecule has 0 bridgehead atoms. The van der Waals surface area contributed by atoms with Gasteiger partial charge >= 0.3 is 5.97 Å². The SMILES string of the molecule is C=CCc1cc2c(c(/C=C/C(=O)OC)c1OC)OCO2. The Labute approximate surface area is 117 Å². The third kappa shape index (κ3) is 2.61. The second-order valence-electron chi connectivity index (χ2n) is 4.07. The number of methoxy groups -OCH3 is 2. The fraction of sp³-hybridized carbons (Fsp3) is 0.267. The van der Waals surface area contributed by atoms with Crippen LogP contribution in [0.1, 0.15) is 11.1 Å². The first kappa shape index (κ1) is 14.0. The second-order valence-corrected chi connectivity index (χ2v) is 4.07. The van der Waals surface area contributed by atoms with Crippen molar-refractivity contribution < 1.29 is 23.7 Å². The summed E-state index contributed by atoms with van der Waals surface area (Å²) in [5, 5.41) is 0. The quantitative estimate of drug-likeness (QED) is 0.469. The number of esters is 1. The molecule has 1 aliphatic heterocycles. The molecule has 0 spiro atoms. The molecule has 0 aromatic heterocycles. The average Bonchev–Trinajstić information content (AvgIpc) is 2.92. The molecule has 5 heteroatoms. The first-order valence-electron chi connectivity index (χ1n) is 6.07. The minimum absolute atomic E-state index is 0.148. The highest BCUT2D eigenvalue weighted by Gasteiger charge is 2.23. The molecule has 1 aliphatic rings. The molecule has 0 unspecified atom stereocenters. The second kappa shape index (κ2) is 6.14. The summed E-state index contributed by atoms with van der Waals surface area (Å²) >= 11 is 0. The Morgan fingerprint density at radius 2 is 2.25 bits per heavy atom. The molecule has 0 fully saturated rings. The van der Waals surface area contributed by atoms with Gasteiger partial charge in [0, 0.05) is 11.6 Å². The summed E-state index contributed by atoms with van der Waals surface area (Å²) in [5.41, 5.74) is 1.57. The third-order valence-electron chi connectivity index (χ3n) is 2.88. The normalized spacial score (nSPS) is 12.5. The minimum atomic E-state index is -0.450.